The van der Waals surface area contributed by atoms with Crippen LogP contribution in [0, 0.1) is 0 Å². The van der Waals surface area contributed by atoms with Gasteiger partial charge in [0.05, 0.1) is 35.5 Å². The van der Waals surface area contributed by atoms with Gasteiger partial charge in [-0.05, 0) is 37.1 Å². The van der Waals surface area contributed by atoms with Gasteiger partial charge in [-0.15, -0.1) is 4.89 Å². The van der Waals surface area contributed by atoms with E-state index < -0.39 is 36.5 Å². The second-order valence-electron chi connectivity index (χ2n) is 7.82. The lowest BCUT2D eigenvalue weighted by molar-refractivity contribution is -0.490. The third kappa shape index (κ3) is 8.67. The van der Waals surface area contributed by atoms with E-state index in [-0.39, 0.29) is 35.5 Å². The molecular formula is C26H30O11. The molecule has 2 aromatic rings. The Morgan fingerprint density at radius 2 is 1.14 bits per heavy atom. The number of rotatable bonds is 16. The first-order chi connectivity index (χ1) is 17.7. The van der Waals surface area contributed by atoms with Crippen molar-refractivity contribution in [3.63, 3.8) is 0 Å². The third-order valence-electron chi connectivity index (χ3n) is 5.02. The molecule has 0 fully saturated rings. The van der Waals surface area contributed by atoms with E-state index >= 15 is 0 Å². The van der Waals surface area contributed by atoms with Crippen LogP contribution in [-0.4, -0.2) is 59.9 Å². The van der Waals surface area contributed by atoms with Gasteiger partial charge in [-0.25, -0.2) is 19.2 Å². The molecule has 0 atom stereocenters. The number of carboxylic acids is 2. The molecule has 0 saturated heterocycles. The fourth-order valence-electron chi connectivity index (χ4n) is 3.01. The van der Waals surface area contributed by atoms with Crippen molar-refractivity contribution in [2.24, 2.45) is 0 Å². The molecular weight excluding hydrogens is 488 g/mol. The number of carboxylic acid groups (broad SMARTS) is 2. The van der Waals surface area contributed by atoms with Crippen molar-refractivity contribution >= 4 is 23.9 Å². The van der Waals surface area contributed by atoms with Crippen molar-refractivity contribution in [2.75, 3.05) is 19.8 Å². The highest BCUT2D eigenvalue weighted by Gasteiger charge is 2.40. The fraction of sp³-hybridized carbons (Fsp3) is 0.385. The summed E-state index contributed by atoms with van der Waals surface area (Å²) in [5, 5.41) is 18.7. The number of hydrogen-bond acceptors (Lipinski definition) is 9. The lowest BCUT2D eigenvalue weighted by Crippen LogP contribution is -2.45. The van der Waals surface area contributed by atoms with Crippen LogP contribution in [0.3, 0.4) is 0 Å². The molecule has 0 saturated carbocycles. The first-order valence-corrected chi connectivity index (χ1v) is 11.7. The minimum atomic E-state index is -2.19. The summed E-state index contributed by atoms with van der Waals surface area (Å²) in [5.41, 5.74) is -1.07. The third-order valence-corrected chi connectivity index (χ3v) is 5.02. The Kier molecular flexibility index (Phi) is 11.7. The van der Waals surface area contributed by atoms with Crippen LogP contribution in [0.25, 0.3) is 0 Å². The molecule has 200 valence electrons. The maximum atomic E-state index is 12.7. The van der Waals surface area contributed by atoms with Crippen LogP contribution in [0.15, 0.2) is 48.5 Å². The van der Waals surface area contributed by atoms with Gasteiger partial charge in [-0.2, -0.15) is 0 Å². The maximum absolute atomic E-state index is 12.7. The first-order valence-electron chi connectivity index (χ1n) is 11.7. The molecule has 0 unspecified atom stereocenters. The monoisotopic (exact) mass is 518 g/mol. The molecule has 0 aliphatic rings. The average molecular weight is 519 g/mol. The molecule has 37 heavy (non-hydrogen) atoms. The molecule has 0 aliphatic heterocycles. The van der Waals surface area contributed by atoms with Crippen LogP contribution in [0.5, 0.6) is 0 Å². The number of carbonyl (C=O) groups is 4. The number of carbonyl (C=O) groups excluding carboxylic acids is 2. The SMILES string of the molecule is CCCCOC(COC(=O)c1ccccc1C(=O)O)(OCCCC)OOC(=O)c1ccccc1C(=O)O. The van der Waals surface area contributed by atoms with E-state index in [1.807, 2.05) is 13.8 Å². The molecule has 2 aromatic carbocycles. The standard InChI is InChI=1S/C26H30O11/c1-3-5-15-34-26(35-16-6-4-2,17-33-24(31)20-13-9-7-11-18(20)22(27)28)37-36-25(32)21-14-10-8-12-19(21)23(29)30/h7-14H,3-6,15-17H2,1-2H3,(H,27,28)(H,29,30). The number of hydrogen-bond donors (Lipinski definition) is 2. The van der Waals surface area contributed by atoms with Crippen LogP contribution < -0.4 is 0 Å². The highest BCUT2D eigenvalue weighted by Crippen LogP contribution is 2.22. The van der Waals surface area contributed by atoms with E-state index in [2.05, 4.69) is 0 Å². The van der Waals surface area contributed by atoms with E-state index in [0.29, 0.717) is 12.8 Å². The van der Waals surface area contributed by atoms with Crippen molar-refractivity contribution in [1.29, 1.82) is 0 Å². The van der Waals surface area contributed by atoms with E-state index in [1.165, 1.54) is 48.5 Å². The Morgan fingerprint density at radius 1 is 0.703 bits per heavy atom. The lowest BCUT2D eigenvalue weighted by Gasteiger charge is -2.30. The van der Waals surface area contributed by atoms with Crippen molar-refractivity contribution in [1.82, 2.24) is 0 Å². The summed E-state index contributed by atoms with van der Waals surface area (Å²) >= 11 is 0. The van der Waals surface area contributed by atoms with Gasteiger partial charge < -0.3 is 24.4 Å². The van der Waals surface area contributed by atoms with E-state index in [1.54, 1.807) is 0 Å². The van der Waals surface area contributed by atoms with Crippen LogP contribution in [0.1, 0.15) is 81.0 Å². The van der Waals surface area contributed by atoms with Crippen LogP contribution in [0.2, 0.25) is 0 Å². The molecule has 2 rings (SSSR count). The zero-order valence-electron chi connectivity index (χ0n) is 20.6. The van der Waals surface area contributed by atoms with Gasteiger partial charge in [-0.3, -0.25) is 4.89 Å². The molecule has 0 spiro atoms. The normalized spacial score (nSPS) is 11.1. The Labute approximate surface area is 213 Å². The van der Waals surface area contributed by atoms with Gasteiger partial charge in [0.2, 0.25) is 0 Å². The number of unbranched alkanes of at least 4 members (excludes halogenated alkanes) is 2. The first kappa shape index (κ1) is 29.4. The minimum Gasteiger partial charge on any atom is -0.478 e. The van der Waals surface area contributed by atoms with Crippen LogP contribution in [-0.2, 0) is 24.0 Å². The molecule has 0 aromatic heterocycles. The molecule has 2 N–H and O–H groups in total. The van der Waals surface area contributed by atoms with E-state index in [4.69, 9.17) is 24.0 Å². The summed E-state index contributed by atoms with van der Waals surface area (Å²) in [5.74, 6) is -6.98. The van der Waals surface area contributed by atoms with Gasteiger partial charge in [0, 0.05) is 0 Å². The number of benzene rings is 2. The topological polar surface area (TPSA) is 155 Å². The molecule has 0 bridgehead atoms. The Balaban J connectivity index is 2.28. The van der Waals surface area contributed by atoms with Gasteiger partial charge in [-0.1, -0.05) is 51.0 Å². The van der Waals surface area contributed by atoms with E-state index in [0.717, 1.165) is 12.8 Å². The van der Waals surface area contributed by atoms with Crippen LogP contribution >= 0.6 is 0 Å². The van der Waals surface area contributed by atoms with Gasteiger partial charge in [0.1, 0.15) is 0 Å². The van der Waals surface area contributed by atoms with Crippen LogP contribution in [0.4, 0.5) is 0 Å². The maximum Gasteiger partial charge on any atom is 0.374 e. The number of ether oxygens (including phenoxy) is 3. The summed E-state index contributed by atoms with van der Waals surface area (Å²) < 4.78 is 16.7. The van der Waals surface area contributed by atoms with Crippen molar-refractivity contribution < 1.29 is 53.4 Å². The van der Waals surface area contributed by atoms with E-state index in [9.17, 15) is 29.4 Å². The Morgan fingerprint density at radius 3 is 1.57 bits per heavy atom. The zero-order valence-corrected chi connectivity index (χ0v) is 20.6. The van der Waals surface area contributed by atoms with Gasteiger partial charge in [0.25, 0.3) is 0 Å². The average Bonchev–Trinajstić information content (AvgIpc) is 2.90. The summed E-state index contributed by atoms with van der Waals surface area (Å²) in [6, 6.07) is 10.8. The summed E-state index contributed by atoms with van der Waals surface area (Å²) in [6.07, 6.45) is 2.60. The summed E-state index contributed by atoms with van der Waals surface area (Å²) in [6.45, 7) is 3.26. The predicted octanol–water partition coefficient (Wildman–Crippen LogP) is 4.32. The molecule has 0 amide bonds. The van der Waals surface area contributed by atoms with Crippen molar-refractivity contribution in [2.45, 2.75) is 45.5 Å². The molecule has 11 nitrogen and oxygen atoms in total. The second-order valence-corrected chi connectivity index (χ2v) is 7.82. The number of esters is 1. The minimum absolute atomic E-state index is 0.0785. The van der Waals surface area contributed by atoms with Gasteiger partial charge in [0.15, 0.2) is 6.61 Å². The quantitative estimate of drug-likeness (QED) is 0.107. The number of aromatic carboxylic acids is 2. The molecule has 0 radical (unpaired) electrons. The van der Waals surface area contributed by atoms with Gasteiger partial charge >= 0.3 is 29.9 Å². The zero-order chi connectivity index (χ0) is 27.3. The smallest absolute Gasteiger partial charge is 0.374 e. The highest BCUT2D eigenvalue weighted by atomic mass is 17.3. The molecule has 0 aliphatic carbocycles. The molecule has 0 heterocycles. The summed E-state index contributed by atoms with van der Waals surface area (Å²) in [4.78, 5) is 58.5. The second kappa shape index (κ2) is 14.7. The Hall–Kier alpha value is -3.80. The van der Waals surface area contributed by atoms with Crippen molar-refractivity contribution in [3.8, 4) is 0 Å². The molecule has 11 heteroatoms. The highest BCUT2D eigenvalue weighted by molar-refractivity contribution is 6.03. The lowest BCUT2D eigenvalue weighted by atomic mass is 10.1. The Bertz CT molecular complexity index is 994. The fourth-order valence-corrected chi connectivity index (χ4v) is 3.01. The predicted molar refractivity (Wildman–Crippen MR) is 128 cm³/mol. The largest absolute Gasteiger partial charge is 0.478 e. The summed E-state index contributed by atoms with van der Waals surface area (Å²) in [7, 11) is 0. The van der Waals surface area contributed by atoms with Crippen molar-refractivity contribution in [3.05, 3.63) is 70.8 Å².